The van der Waals surface area contributed by atoms with E-state index in [4.69, 9.17) is 0 Å². The van der Waals surface area contributed by atoms with Crippen molar-refractivity contribution in [1.82, 2.24) is 4.98 Å². The van der Waals surface area contributed by atoms with E-state index in [1.165, 1.54) is 5.56 Å². The molecule has 0 bridgehead atoms. The maximum atomic E-state index is 9.91. The summed E-state index contributed by atoms with van der Waals surface area (Å²) in [6.07, 6.45) is 1.75. The van der Waals surface area contributed by atoms with Crippen LogP contribution in [0.25, 0.3) is 0 Å². The summed E-state index contributed by atoms with van der Waals surface area (Å²) in [6, 6.07) is 4.05. The number of aromatic nitrogens is 1. The molecule has 0 spiro atoms. The molecule has 1 atom stereocenters. The van der Waals surface area contributed by atoms with Crippen LogP contribution in [0.4, 0.5) is 0 Å². The van der Waals surface area contributed by atoms with Gasteiger partial charge in [0.2, 0.25) is 0 Å². The molecule has 0 saturated heterocycles. The SMILES string of the molecule is C[C@]1(O)CCc2ccc(I)nc21. The number of hydrogen-bond donors (Lipinski definition) is 1. The topological polar surface area (TPSA) is 33.1 Å². The summed E-state index contributed by atoms with van der Waals surface area (Å²) in [7, 11) is 0. The van der Waals surface area contributed by atoms with Crippen molar-refractivity contribution in [2.45, 2.75) is 25.4 Å². The van der Waals surface area contributed by atoms with Gasteiger partial charge in [-0.2, -0.15) is 0 Å². The zero-order valence-electron chi connectivity index (χ0n) is 6.84. The van der Waals surface area contributed by atoms with Gasteiger partial charge in [0, 0.05) is 0 Å². The zero-order valence-corrected chi connectivity index (χ0v) is 9.00. The zero-order chi connectivity index (χ0) is 8.77. The van der Waals surface area contributed by atoms with E-state index in [0.29, 0.717) is 0 Å². The number of nitrogens with zero attached hydrogens (tertiary/aromatic N) is 1. The van der Waals surface area contributed by atoms with E-state index in [1.807, 2.05) is 13.0 Å². The Bertz CT molecular complexity index is 322. The molecule has 2 nitrogen and oxygen atoms in total. The molecule has 2 rings (SSSR count). The molecule has 0 unspecified atom stereocenters. The van der Waals surface area contributed by atoms with E-state index in [2.05, 4.69) is 33.6 Å². The van der Waals surface area contributed by atoms with Crippen LogP contribution >= 0.6 is 22.6 Å². The molecular weight excluding hydrogens is 265 g/mol. The van der Waals surface area contributed by atoms with E-state index >= 15 is 0 Å². The molecule has 0 fully saturated rings. The number of pyridine rings is 1. The normalized spacial score (nSPS) is 27.2. The monoisotopic (exact) mass is 275 g/mol. The van der Waals surface area contributed by atoms with Gasteiger partial charge in [-0.15, -0.1) is 0 Å². The number of hydrogen-bond acceptors (Lipinski definition) is 2. The van der Waals surface area contributed by atoms with Crippen LogP contribution in [0.2, 0.25) is 0 Å². The number of aryl methyl sites for hydroxylation is 1. The number of fused-ring (bicyclic) bond motifs is 1. The van der Waals surface area contributed by atoms with Crippen molar-refractivity contribution in [1.29, 1.82) is 0 Å². The highest BCUT2D eigenvalue weighted by atomic mass is 127. The number of rotatable bonds is 0. The van der Waals surface area contributed by atoms with Crippen molar-refractivity contribution in [3.8, 4) is 0 Å². The first-order chi connectivity index (χ1) is 5.59. The predicted octanol–water partition coefficient (Wildman–Crippen LogP) is 1.84. The third kappa shape index (κ3) is 1.25. The lowest BCUT2D eigenvalue weighted by atomic mass is 10.0. The fourth-order valence-corrected chi connectivity index (χ4v) is 2.05. The lowest BCUT2D eigenvalue weighted by Crippen LogP contribution is -2.18. The Kier molecular flexibility index (Phi) is 1.88. The van der Waals surface area contributed by atoms with Crippen molar-refractivity contribution in [3.05, 3.63) is 27.1 Å². The lowest BCUT2D eigenvalue weighted by molar-refractivity contribution is 0.0552. The first-order valence-corrected chi connectivity index (χ1v) is 5.06. The van der Waals surface area contributed by atoms with Gasteiger partial charge in [0.25, 0.3) is 0 Å². The first-order valence-electron chi connectivity index (χ1n) is 3.98. The molecule has 1 heterocycles. The molecule has 0 amide bonds. The molecule has 12 heavy (non-hydrogen) atoms. The molecule has 0 radical (unpaired) electrons. The van der Waals surface area contributed by atoms with Gasteiger partial charge in [0.05, 0.1) is 5.69 Å². The molecule has 64 valence electrons. The van der Waals surface area contributed by atoms with Crippen molar-refractivity contribution in [3.63, 3.8) is 0 Å². The maximum absolute atomic E-state index is 9.91. The maximum Gasteiger partial charge on any atom is 0.104 e. The van der Waals surface area contributed by atoms with E-state index in [1.54, 1.807) is 0 Å². The van der Waals surface area contributed by atoms with Crippen LogP contribution in [0, 0.1) is 3.70 Å². The average molecular weight is 275 g/mol. The van der Waals surface area contributed by atoms with Gasteiger partial charge in [0.15, 0.2) is 0 Å². The Morgan fingerprint density at radius 3 is 3.08 bits per heavy atom. The second-order valence-corrected chi connectivity index (χ2v) is 4.52. The summed E-state index contributed by atoms with van der Waals surface area (Å²) in [5.74, 6) is 0. The highest BCUT2D eigenvalue weighted by Crippen LogP contribution is 2.34. The van der Waals surface area contributed by atoms with Gasteiger partial charge < -0.3 is 5.11 Å². The Balaban J connectivity index is 2.57. The second kappa shape index (κ2) is 2.67. The van der Waals surface area contributed by atoms with Crippen LogP contribution in [0.15, 0.2) is 12.1 Å². The second-order valence-electron chi connectivity index (χ2n) is 3.42. The molecule has 0 aliphatic heterocycles. The minimum atomic E-state index is -0.698. The average Bonchev–Trinajstić information content (AvgIpc) is 2.28. The Morgan fingerprint density at radius 2 is 2.33 bits per heavy atom. The predicted molar refractivity (Wildman–Crippen MR) is 54.8 cm³/mol. The Morgan fingerprint density at radius 1 is 1.58 bits per heavy atom. The van der Waals surface area contributed by atoms with Crippen LogP contribution in [0.5, 0.6) is 0 Å². The van der Waals surface area contributed by atoms with Gasteiger partial charge >= 0.3 is 0 Å². The molecular formula is C9H10INO. The summed E-state index contributed by atoms with van der Waals surface area (Å²) in [5.41, 5.74) is 1.37. The highest BCUT2D eigenvalue weighted by Gasteiger charge is 2.33. The van der Waals surface area contributed by atoms with Crippen molar-refractivity contribution >= 4 is 22.6 Å². The molecule has 3 heteroatoms. The smallest absolute Gasteiger partial charge is 0.104 e. The number of halogens is 1. The minimum absolute atomic E-state index is 0.698. The van der Waals surface area contributed by atoms with Gasteiger partial charge in [-0.25, -0.2) is 4.98 Å². The van der Waals surface area contributed by atoms with Gasteiger partial charge in [-0.3, -0.25) is 0 Å². The summed E-state index contributed by atoms with van der Waals surface area (Å²) < 4.78 is 0.952. The number of aliphatic hydroxyl groups is 1. The van der Waals surface area contributed by atoms with Gasteiger partial charge in [-0.05, 0) is 54.0 Å². The van der Waals surface area contributed by atoms with E-state index in [0.717, 1.165) is 22.2 Å². The van der Waals surface area contributed by atoms with Crippen LogP contribution in [0.3, 0.4) is 0 Å². The first kappa shape index (κ1) is 8.44. The van der Waals surface area contributed by atoms with Crippen LogP contribution in [-0.4, -0.2) is 10.1 Å². The molecule has 1 aliphatic carbocycles. The minimum Gasteiger partial charge on any atom is -0.384 e. The largest absolute Gasteiger partial charge is 0.384 e. The third-order valence-electron chi connectivity index (χ3n) is 2.34. The summed E-state index contributed by atoms with van der Waals surface area (Å²) in [4.78, 5) is 4.34. The van der Waals surface area contributed by atoms with E-state index in [9.17, 15) is 5.11 Å². The van der Waals surface area contributed by atoms with E-state index in [-0.39, 0.29) is 0 Å². The summed E-state index contributed by atoms with van der Waals surface area (Å²) >= 11 is 2.17. The molecule has 1 aliphatic rings. The van der Waals surface area contributed by atoms with Crippen LogP contribution in [-0.2, 0) is 12.0 Å². The fraction of sp³-hybridized carbons (Fsp3) is 0.444. The van der Waals surface area contributed by atoms with Crippen molar-refractivity contribution < 1.29 is 5.11 Å². The Hall–Kier alpha value is -0.160. The standard InChI is InChI=1S/C9H10INO/c1-9(12)5-4-6-2-3-7(10)11-8(6)9/h2-3,12H,4-5H2,1H3/t9-/m0/s1. The van der Waals surface area contributed by atoms with E-state index < -0.39 is 5.60 Å². The van der Waals surface area contributed by atoms with Crippen molar-refractivity contribution in [2.75, 3.05) is 0 Å². The third-order valence-corrected chi connectivity index (χ3v) is 2.94. The molecule has 1 aromatic heterocycles. The molecule has 1 aromatic rings. The Labute approximate surface area is 85.2 Å². The van der Waals surface area contributed by atoms with Crippen LogP contribution < -0.4 is 0 Å². The van der Waals surface area contributed by atoms with Gasteiger partial charge in [-0.1, -0.05) is 6.07 Å². The quantitative estimate of drug-likeness (QED) is 0.579. The van der Waals surface area contributed by atoms with Gasteiger partial charge in [0.1, 0.15) is 9.30 Å². The molecule has 0 aromatic carbocycles. The molecule has 0 saturated carbocycles. The van der Waals surface area contributed by atoms with Crippen molar-refractivity contribution in [2.24, 2.45) is 0 Å². The molecule has 1 N–H and O–H groups in total. The highest BCUT2D eigenvalue weighted by molar-refractivity contribution is 14.1. The van der Waals surface area contributed by atoms with Crippen LogP contribution in [0.1, 0.15) is 24.6 Å². The summed E-state index contributed by atoms with van der Waals surface area (Å²) in [6.45, 7) is 1.84. The summed E-state index contributed by atoms with van der Waals surface area (Å²) in [5, 5.41) is 9.91. The lowest BCUT2D eigenvalue weighted by Gasteiger charge is -2.15. The fourth-order valence-electron chi connectivity index (χ4n) is 1.63.